The van der Waals surface area contributed by atoms with Gasteiger partial charge in [0, 0.05) is 44.0 Å². The first-order chi connectivity index (χ1) is 14.0. The molecule has 4 rings (SSSR count). The van der Waals surface area contributed by atoms with Crippen molar-refractivity contribution < 1.29 is 19.4 Å². The van der Waals surface area contributed by atoms with Crippen LogP contribution in [0.4, 0.5) is 5.95 Å². The number of anilines is 1. The Morgan fingerprint density at radius 2 is 1.83 bits per heavy atom. The molecule has 0 atom stereocenters. The summed E-state index contributed by atoms with van der Waals surface area (Å²) in [5.74, 6) is -0.394. The number of piperazine rings is 1. The number of hydrogen-bond donors (Lipinski definition) is 2. The van der Waals surface area contributed by atoms with Crippen molar-refractivity contribution in [3.8, 4) is 11.5 Å². The predicted octanol–water partition coefficient (Wildman–Crippen LogP) is 1.19. The van der Waals surface area contributed by atoms with Crippen molar-refractivity contribution in [3.63, 3.8) is 0 Å². The normalized spacial score (nSPS) is 14.4. The maximum absolute atomic E-state index is 12.8. The summed E-state index contributed by atoms with van der Waals surface area (Å²) in [5.41, 5.74) is 0.0263. The first-order valence-corrected chi connectivity index (χ1v) is 9.22. The number of aromatic nitrogens is 2. The summed E-state index contributed by atoms with van der Waals surface area (Å²) in [6, 6.07) is 4.62. The monoisotopic (exact) mass is 396 g/mol. The number of nitrogens with zero attached hydrogens (tertiary/aromatic N) is 4. The highest BCUT2D eigenvalue weighted by molar-refractivity contribution is 5.89. The first-order valence-electron chi connectivity index (χ1n) is 9.22. The van der Waals surface area contributed by atoms with E-state index in [0.29, 0.717) is 43.1 Å². The number of benzene rings is 1. The van der Waals surface area contributed by atoms with Gasteiger partial charge in [0.1, 0.15) is 0 Å². The van der Waals surface area contributed by atoms with E-state index in [4.69, 9.17) is 4.42 Å². The zero-order valence-electron chi connectivity index (χ0n) is 15.8. The van der Waals surface area contributed by atoms with Crippen LogP contribution >= 0.6 is 0 Å². The molecule has 0 unspecified atom stereocenters. The lowest BCUT2D eigenvalue weighted by Gasteiger charge is -2.34. The Kier molecular flexibility index (Phi) is 4.79. The second-order valence-electron chi connectivity index (χ2n) is 6.90. The fraction of sp³-hybridized carbons (Fsp3) is 0.300. The van der Waals surface area contributed by atoms with Crippen molar-refractivity contribution in [1.29, 1.82) is 0 Å². The fourth-order valence-corrected chi connectivity index (χ4v) is 3.51. The topological polar surface area (TPSA) is 120 Å². The molecule has 1 saturated heterocycles. The number of phenolic OH excluding ortho intramolecular Hbond substituents is 2. The van der Waals surface area contributed by atoms with Crippen LogP contribution < -0.4 is 10.5 Å². The van der Waals surface area contributed by atoms with E-state index in [1.807, 2.05) is 4.90 Å². The summed E-state index contributed by atoms with van der Waals surface area (Å²) >= 11 is 0. The molecule has 2 N–H and O–H groups in total. The standard InChI is InChI=1S/C20H20N4O5/c1-12-13-3-4-15(25)17(27)18(13)29-19(28)14(12)11-16(26)23-7-9-24(10-8-23)20-21-5-2-6-22-20/h2-6,25,27H,7-11H2,1H3. The number of hydrogen-bond acceptors (Lipinski definition) is 8. The summed E-state index contributed by atoms with van der Waals surface area (Å²) in [6.07, 6.45) is 3.27. The lowest BCUT2D eigenvalue weighted by molar-refractivity contribution is -0.130. The van der Waals surface area contributed by atoms with Crippen molar-refractivity contribution in [2.75, 3.05) is 31.1 Å². The van der Waals surface area contributed by atoms with E-state index in [1.54, 1.807) is 36.4 Å². The number of phenols is 2. The van der Waals surface area contributed by atoms with Crippen LogP contribution in [0.15, 0.2) is 39.8 Å². The Balaban J connectivity index is 1.51. The van der Waals surface area contributed by atoms with Gasteiger partial charge in [-0.3, -0.25) is 4.79 Å². The molecule has 1 aliphatic rings. The van der Waals surface area contributed by atoms with E-state index >= 15 is 0 Å². The van der Waals surface area contributed by atoms with Crippen LogP contribution in [0.25, 0.3) is 11.0 Å². The maximum atomic E-state index is 12.8. The molecule has 9 nitrogen and oxygen atoms in total. The minimum absolute atomic E-state index is 0.0832. The van der Waals surface area contributed by atoms with E-state index < -0.39 is 11.4 Å². The lowest BCUT2D eigenvalue weighted by Crippen LogP contribution is -2.49. The molecule has 0 spiro atoms. The van der Waals surface area contributed by atoms with Gasteiger partial charge in [-0.1, -0.05) is 0 Å². The number of aryl methyl sites for hydroxylation is 1. The predicted molar refractivity (Wildman–Crippen MR) is 105 cm³/mol. The minimum Gasteiger partial charge on any atom is -0.504 e. The molecule has 150 valence electrons. The van der Waals surface area contributed by atoms with Gasteiger partial charge < -0.3 is 24.4 Å². The van der Waals surface area contributed by atoms with Gasteiger partial charge in [0.2, 0.25) is 17.6 Å². The van der Waals surface area contributed by atoms with Gasteiger partial charge in [-0.05, 0) is 30.7 Å². The van der Waals surface area contributed by atoms with Crippen LogP contribution in [0.5, 0.6) is 11.5 Å². The molecule has 1 amide bonds. The molecule has 29 heavy (non-hydrogen) atoms. The number of carbonyl (C=O) groups is 1. The SMILES string of the molecule is Cc1c(CC(=O)N2CCN(c3ncccn3)CC2)c(=O)oc2c(O)c(O)ccc12. The number of aromatic hydroxyl groups is 2. The summed E-state index contributed by atoms with van der Waals surface area (Å²) < 4.78 is 5.19. The molecule has 1 fully saturated rings. The van der Waals surface area contributed by atoms with Crippen LogP contribution in [0.1, 0.15) is 11.1 Å². The summed E-state index contributed by atoms with van der Waals surface area (Å²) in [6.45, 7) is 3.92. The molecule has 1 aliphatic heterocycles. The molecule has 3 heterocycles. The van der Waals surface area contributed by atoms with E-state index in [0.717, 1.165) is 0 Å². The quantitative estimate of drug-likeness (QED) is 0.500. The molecule has 0 bridgehead atoms. The van der Waals surface area contributed by atoms with Crippen LogP contribution in [0, 0.1) is 6.92 Å². The van der Waals surface area contributed by atoms with Gasteiger partial charge in [-0.25, -0.2) is 14.8 Å². The Morgan fingerprint density at radius 1 is 1.14 bits per heavy atom. The third kappa shape index (κ3) is 3.46. The third-order valence-electron chi connectivity index (χ3n) is 5.20. The average molecular weight is 396 g/mol. The lowest BCUT2D eigenvalue weighted by atomic mass is 10.0. The van der Waals surface area contributed by atoms with Gasteiger partial charge in [0.25, 0.3) is 0 Å². The average Bonchev–Trinajstić information content (AvgIpc) is 2.74. The van der Waals surface area contributed by atoms with Crippen LogP contribution in [0.2, 0.25) is 0 Å². The Bertz CT molecular complexity index is 1120. The number of rotatable bonds is 3. The maximum Gasteiger partial charge on any atom is 0.340 e. The van der Waals surface area contributed by atoms with E-state index in [-0.39, 0.29) is 29.2 Å². The summed E-state index contributed by atoms with van der Waals surface area (Å²) in [5, 5.41) is 20.0. The molecule has 0 aliphatic carbocycles. The fourth-order valence-electron chi connectivity index (χ4n) is 3.51. The molecule has 0 radical (unpaired) electrons. The molecular formula is C20H20N4O5. The Hall–Kier alpha value is -3.62. The third-order valence-corrected chi connectivity index (χ3v) is 5.20. The molecule has 1 aromatic carbocycles. The Morgan fingerprint density at radius 3 is 2.52 bits per heavy atom. The number of fused-ring (bicyclic) bond motifs is 1. The van der Waals surface area contributed by atoms with Crippen molar-refractivity contribution in [2.45, 2.75) is 13.3 Å². The highest BCUT2D eigenvalue weighted by Gasteiger charge is 2.25. The van der Waals surface area contributed by atoms with Crippen LogP contribution in [-0.2, 0) is 11.2 Å². The minimum atomic E-state index is -0.694. The zero-order chi connectivity index (χ0) is 20.5. The molecular weight excluding hydrogens is 376 g/mol. The van der Waals surface area contributed by atoms with Crippen molar-refractivity contribution >= 4 is 22.8 Å². The zero-order valence-corrected chi connectivity index (χ0v) is 15.8. The summed E-state index contributed by atoms with van der Waals surface area (Å²) in [7, 11) is 0. The van der Waals surface area contributed by atoms with Crippen molar-refractivity contribution in [1.82, 2.24) is 14.9 Å². The van der Waals surface area contributed by atoms with Gasteiger partial charge in [-0.2, -0.15) is 0 Å². The van der Waals surface area contributed by atoms with Crippen molar-refractivity contribution in [3.05, 3.63) is 52.1 Å². The van der Waals surface area contributed by atoms with Gasteiger partial charge in [0.15, 0.2) is 11.3 Å². The van der Waals surface area contributed by atoms with Crippen LogP contribution in [0.3, 0.4) is 0 Å². The molecule has 0 saturated carbocycles. The van der Waals surface area contributed by atoms with Gasteiger partial charge in [0.05, 0.1) is 12.0 Å². The van der Waals surface area contributed by atoms with Gasteiger partial charge >= 0.3 is 5.63 Å². The molecule has 2 aromatic heterocycles. The first kappa shape index (κ1) is 18.7. The largest absolute Gasteiger partial charge is 0.504 e. The number of amides is 1. The summed E-state index contributed by atoms with van der Waals surface area (Å²) in [4.78, 5) is 37.4. The second-order valence-corrected chi connectivity index (χ2v) is 6.90. The smallest absolute Gasteiger partial charge is 0.340 e. The Labute approximate surface area is 165 Å². The van der Waals surface area contributed by atoms with Crippen LogP contribution in [-0.4, -0.2) is 57.2 Å². The molecule has 3 aromatic rings. The highest BCUT2D eigenvalue weighted by Crippen LogP contribution is 2.34. The molecule has 9 heteroatoms. The van der Waals surface area contributed by atoms with E-state index in [9.17, 15) is 19.8 Å². The van der Waals surface area contributed by atoms with E-state index in [1.165, 1.54) is 6.07 Å². The van der Waals surface area contributed by atoms with Gasteiger partial charge in [-0.15, -0.1) is 0 Å². The number of carbonyl (C=O) groups excluding carboxylic acids is 1. The van der Waals surface area contributed by atoms with E-state index in [2.05, 4.69) is 9.97 Å². The van der Waals surface area contributed by atoms with Crippen molar-refractivity contribution in [2.24, 2.45) is 0 Å². The second kappa shape index (κ2) is 7.42. The highest BCUT2D eigenvalue weighted by atomic mass is 16.4.